The summed E-state index contributed by atoms with van der Waals surface area (Å²) >= 11 is 0. The van der Waals surface area contributed by atoms with Crippen molar-refractivity contribution in [1.82, 2.24) is 0 Å². The summed E-state index contributed by atoms with van der Waals surface area (Å²) in [5.74, 6) is 1.20. The first-order chi connectivity index (χ1) is 6.52. The molecule has 0 saturated carbocycles. The van der Waals surface area contributed by atoms with Crippen molar-refractivity contribution in [1.29, 1.82) is 0 Å². The molecule has 80 valence electrons. The Morgan fingerprint density at radius 2 is 2.14 bits per heavy atom. The van der Waals surface area contributed by atoms with Gasteiger partial charge in [-0.25, -0.2) is 0 Å². The van der Waals surface area contributed by atoms with Gasteiger partial charge in [0.2, 0.25) is 0 Å². The van der Waals surface area contributed by atoms with E-state index in [1.54, 1.807) is 6.92 Å². The molecule has 0 aromatic carbocycles. The van der Waals surface area contributed by atoms with E-state index in [-0.39, 0.29) is 25.4 Å². The molecule has 0 radical (unpaired) electrons. The lowest BCUT2D eigenvalue weighted by atomic mass is 10.5. The van der Waals surface area contributed by atoms with Gasteiger partial charge in [-0.05, 0) is 0 Å². The van der Waals surface area contributed by atoms with Gasteiger partial charge in [-0.15, -0.1) is 6.42 Å². The zero-order chi connectivity index (χ0) is 11.0. The van der Waals surface area contributed by atoms with Crippen LogP contribution in [0.3, 0.4) is 0 Å². The lowest BCUT2D eigenvalue weighted by Gasteiger charge is -2.03. The van der Waals surface area contributed by atoms with Gasteiger partial charge in [-0.3, -0.25) is 8.98 Å². The number of hydrogen-bond donors (Lipinski definition) is 0. The minimum absolute atomic E-state index is 0.209. The molecule has 0 atom stereocenters. The van der Waals surface area contributed by atoms with E-state index in [1.807, 2.05) is 5.92 Å². The molecule has 0 amide bonds. The van der Waals surface area contributed by atoms with Gasteiger partial charge in [0.05, 0.1) is 0 Å². The third-order valence-electron chi connectivity index (χ3n) is 1.21. The lowest BCUT2D eigenvalue weighted by Crippen LogP contribution is -2.17. The summed E-state index contributed by atoms with van der Waals surface area (Å²) in [5, 5.41) is 0. The maximum absolute atomic E-state index is 11.0. The highest BCUT2D eigenvalue weighted by atomic mass is 32.2. The second-order valence-corrected chi connectivity index (χ2v) is 4.06. The van der Waals surface area contributed by atoms with Crippen LogP contribution in [0.4, 0.5) is 0 Å². The van der Waals surface area contributed by atoms with Gasteiger partial charge in [-0.1, -0.05) is 12.8 Å². The molecule has 0 aliphatic heterocycles. The van der Waals surface area contributed by atoms with Crippen molar-refractivity contribution in [3.8, 4) is 12.3 Å². The van der Waals surface area contributed by atoms with Gasteiger partial charge in [0, 0.05) is 6.42 Å². The van der Waals surface area contributed by atoms with Crippen LogP contribution < -0.4 is 0 Å². The van der Waals surface area contributed by atoms with Crippen molar-refractivity contribution in [2.75, 3.05) is 19.0 Å². The Bertz CT molecular complexity index is 311. The smallest absolute Gasteiger partial charge is 0.305 e. The van der Waals surface area contributed by atoms with Gasteiger partial charge in [0.15, 0.2) is 0 Å². The van der Waals surface area contributed by atoms with Gasteiger partial charge < -0.3 is 4.74 Å². The van der Waals surface area contributed by atoms with E-state index in [1.165, 1.54) is 0 Å². The Labute approximate surface area is 83.5 Å². The quantitative estimate of drug-likeness (QED) is 0.356. The Balaban J connectivity index is 3.78. The van der Waals surface area contributed by atoms with Crippen molar-refractivity contribution >= 4 is 16.1 Å². The predicted octanol–water partition coefficient (Wildman–Crippen LogP) is -0.0808. The molecule has 0 saturated heterocycles. The summed E-state index contributed by atoms with van der Waals surface area (Å²) in [6, 6.07) is 0. The van der Waals surface area contributed by atoms with Crippen LogP contribution >= 0.6 is 0 Å². The first-order valence-corrected chi connectivity index (χ1v) is 5.55. The van der Waals surface area contributed by atoms with E-state index in [9.17, 15) is 13.2 Å². The summed E-state index contributed by atoms with van der Waals surface area (Å²) in [5.41, 5.74) is 0. The van der Waals surface area contributed by atoms with Crippen LogP contribution in [-0.4, -0.2) is 33.4 Å². The van der Waals surface area contributed by atoms with Crippen LogP contribution in [0.15, 0.2) is 0 Å². The van der Waals surface area contributed by atoms with E-state index >= 15 is 0 Å². The molecule has 0 N–H and O–H groups in total. The average molecular weight is 220 g/mol. The summed E-state index contributed by atoms with van der Waals surface area (Å²) in [7, 11) is -3.67. The van der Waals surface area contributed by atoms with Crippen LogP contribution in [0, 0.1) is 12.3 Å². The summed E-state index contributed by atoms with van der Waals surface area (Å²) in [6.45, 7) is 1.11. The molecule has 0 fully saturated rings. The van der Waals surface area contributed by atoms with E-state index in [0.29, 0.717) is 0 Å². The van der Waals surface area contributed by atoms with E-state index in [2.05, 4.69) is 8.92 Å². The Hall–Kier alpha value is -1.06. The number of esters is 1. The lowest BCUT2D eigenvalue weighted by molar-refractivity contribution is -0.142. The highest BCUT2D eigenvalue weighted by Gasteiger charge is 2.11. The van der Waals surface area contributed by atoms with Crippen LogP contribution in [0.2, 0.25) is 0 Å². The minimum atomic E-state index is -3.67. The Morgan fingerprint density at radius 3 is 2.64 bits per heavy atom. The molecule has 0 aromatic rings. The van der Waals surface area contributed by atoms with Crippen LogP contribution in [-0.2, 0) is 23.8 Å². The molecular weight excluding hydrogens is 208 g/mol. The second-order valence-electron chi connectivity index (χ2n) is 2.30. The SMILES string of the molecule is C#CCOS(=O)(=O)CCOC(=O)CC. The molecule has 0 aromatic heterocycles. The predicted molar refractivity (Wildman–Crippen MR) is 49.8 cm³/mol. The molecule has 0 rings (SSSR count). The fourth-order valence-corrected chi connectivity index (χ4v) is 1.20. The van der Waals surface area contributed by atoms with Crippen molar-refractivity contribution in [2.24, 2.45) is 0 Å². The number of hydrogen-bond acceptors (Lipinski definition) is 5. The summed E-state index contributed by atoms with van der Waals surface area (Å²) in [4.78, 5) is 10.6. The minimum Gasteiger partial charge on any atom is -0.465 e. The van der Waals surface area contributed by atoms with Gasteiger partial charge in [0.25, 0.3) is 10.1 Å². The van der Waals surface area contributed by atoms with Gasteiger partial charge >= 0.3 is 5.97 Å². The van der Waals surface area contributed by atoms with E-state index < -0.39 is 16.1 Å². The molecule has 6 heteroatoms. The van der Waals surface area contributed by atoms with E-state index in [0.717, 1.165) is 0 Å². The maximum Gasteiger partial charge on any atom is 0.305 e. The molecule has 14 heavy (non-hydrogen) atoms. The highest BCUT2D eigenvalue weighted by molar-refractivity contribution is 7.86. The third-order valence-corrected chi connectivity index (χ3v) is 2.35. The standard InChI is InChI=1S/C8H12O5S/c1-3-5-13-14(10,11)7-6-12-8(9)4-2/h1H,4-7H2,2H3. The zero-order valence-corrected chi connectivity index (χ0v) is 8.67. The molecular formula is C8H12O5S. The molecule has 0 spiro atoms. The number of terminal acetylenes is 1. The number of rotatable bonds is 6. The first kappa shape index (κ1) is 12.9. The third kappa shape index (κ3) is 6.46. The number of carbonyl (C=O) groups excluding carboxylic acids is 1. The average Bonchev–Trinajstić information content (AvgIpc) is 2.14. The molecule has 5 nitrogen and oxygen atoms in total. The van der Waals surface area contributed by atoms with Gasteiger partial charge in [0.1, 0.15) is 19.0 Å². The second kappa shape index (κ2) is 6.40. The Kier molecular flexibility index (Phi) is 5.92. The largest absolute Gasteiger partial charge is 0.465 e. The summed E-state index contributed by atoms with van der Waals surface area (Å²) < 4.78 is 30.8. The Morgan fingerprint density at radius 1 is 1.50 bits per heavy atom. The van der Waals surface area contributed by atoms with Crippen LogP contribution in [0.5, 0.6) is 0 Å². The van der Waals surface area contributed by atoms with Gasteiger partial charge in [-0.2, -0.15) is 8.42 Å². The normalized spacial score (nSPS) is 10.6. The molecule has 0 aliphatic rings. The monoisotopic (exact) mass is 220 g/mol. The fraction of sp³-hybridized carbons (Fsp3) is 0.625. The van der Waals surface area contributed by atoms with Crippen molar-refractivity contribution < 1.29 is 22.1 Å². The number of ether oxygens (including phenoxy) is 1. The number of carbonyl (C=O) groups is 1. The summed E-state index contributed by atoms with van der Waals surface area (Å²) in [6.07, 6.45) is 5.02. The molecule has 0 aliphatic carbocycles. The zero-order valence-electron chi connectivity index (χ0n) is 7.86. The molecule has 0 heterocycles. The fourth-order valence-electron chi connectivity index (χ4n) is 0.542. The maximum atomic E-state index is 11.0. The van der Waals surface area contributed by atoms with Crippen molar-refractivity contribution in [2.45, 2.75) is 13.3 Å². The first-order valence-electron chi connectivity index (χ1n) is 3.98. The van der Waals surface area contributed by atoms with Crippen molar-refractivity contribution in [3.63, 3.8) is 0 Å². The van der Waals surface area contributed by atoms with Crippen LogP contribution in [0.1, 0.15) is 13.3 Å². The van der Waals surface area contributed by atoms with Crippen LogP contribution in [0.25, 0.3) is 0 Å². The highest BCUT2D eigenvalue weighted by Crippen LogP contribution is 1.94. The molecule has 0 bridgehead atoms. The van der Waals surface area contributed by atoms with E-state index in [4.69, 9.17) is 6.42 Å². The topological polar surface area (TPSA) is 69.7 Å². The molecule has 0 unspecified atom stereocenters. The van der Waals surface area contributed by atoms with Crippen molar-refractivity contribution in [3.05, 3.63) is 0 Å².